The smallest absolute Gasteiger partial charge is 0.159 e. The first-order valence-electron chi connectivity index (χ1n) is 11.3. The number of hydrogen-bond acceptors (Lipinski definition) is 6. The van der Waals surface area contributed by atoms with Gasteiger partial charge in [-0.25, -0.2) is 4.39 Å². The third kappa shape index (κ3) is 3.68. The number of nitrogens with zero attached hydrogens (tertiary/aromatic N) is 1. The Hall–Kier alpha value is -3.97. The molecule has 2 N–H and O–H groups in total. The van der Waals surface area contributed by atoms with Crippen LogP contribution in [0.4, 0.5) is 15.8 Å². The van der Waals surface area contributed by atoms with Crippen molar-refractivity contribution in [2.75, 3.05) is 12.4 Å². The van der Waals surface area contributed by atoms with Gasteiger partial charge in [0, 0.05) is 33.5 Å². The van der Waals surface area contributed by atoms with E-state index in [-0.39, 0.29) is 16.8 Å². The minimum absolute atomic E-state index is 0.166. The van der Waals surface area contributed by atoms with E-state index in [1.54, 1.807) is 30.3 Å². The van der Waals surface area contributed by atoms with Crippen LogP contribution in [0.25, 0.3) is 28.5 Å². The zero-order valence-corrected chi connectivity index (χ0v) is 19.9. The number of methoxy groups -OCH3 is 1. The average molecular weight is 473 g/mol. The summed E-state index contributed by atoms with van der Waals surface area (Å²) in [5.74, 6) is 0.726. The maximum absolute atomic E-state index is 15.1. The third-order valence-electron chi connectivity index (χ3n) is 6.34. The van der Waals surface area contributed by atoms with Crippen LogP contribution in [-0.4, -0.2) is 17.8 Å². The molecule has 0 amide bonds. The van der Waals surface area contributed by atoms with Crippen molar-refractivity contribution < 1.29 is 19.0 Å². The first-order valence-corrected chi connectivity index (χ1v) is 11.3. The summed E-state index contributed by atoms with van der Waals surface area (Å²) in [5.41, 5.74) is 5.43. The van der Waals surface area contributed by atoms with Gasteiger partial charge in [0.05, 0.1) is 24.8 Å². The van der Waals surface area contributed by atoms with Crippen molar-refractivity contribution in [1.29, 1.82) is 0 Å². The minimum atomic E-state index is -0.507. The molecule has 0 radical (unpaired) electrons. The zero-order valence-electron chi connectivity index (χ0n) is 19.9. The number of anilines is 1. The van der Waals surface area contributed by atoms with Crippen LogP contribution in [0.2, 0.25) is 0 Å². The van der Waals surface area contributed by atoms with Crippen LogP contribution in [0.3, 0.4) is 0 Å². The van der Waals surface area contributed by atoms with E-state index in [4.69, 9.17) is 9.47 Å². The van der Waals surface area contributed by atoms with E-state index in [0.717, 1.165) is 28.0 Å². The van der Waals surface area contributed by atoms with Crippen LogP contribution in [-0.2, 0) is 6.61 Å². The predicted octanol–water partition coefficient (Wildman–Crippen LogP) is 6.89. The van der Waals surface area contributed by atoms with Gasteiger partial charge in [0.2, 0.25) is 0 Å². The largest absolute Gasteiger partial charge is 0.494 e. The molecule has 5 rings (SSSR count). The van der Waals surface area contributed by atoms with Gasteiger partial charge in [0.15, 0.2) is 11.4 Å². The minimum Gasteiger partial charge on any atom is -0.494 e. The fourth-order valence-electron chi connectivity index (χ4n) is 5.00. The number of benzene rings is 3. The standard InChI is InChI=1S/C28H25FN2O4/c1-15-13-28(2,3)30-19-9-8-18-24(23(15)19)22(12-16-6-5-7-17(14-32)26(16)29)35-21-11-10-20(31-33)27(34-4)25(18)21/h5-13,30,32H,14H2,1-4H3/b22-12-. The molecule has 0 bridgehead atoms. The summed E-state index contributed by atoms with van der Waals surface area (Å²) < 4.78 is 27.0. The molecule has 0 spiro atoms. The van der Waals surface area contributed by atoms with Crippen LogP contribution in [0.5, 0.6) is 11.5 Å². The molecule has 178 valence electrons. The highest BCUT2D eigenvalue weighted by Crippen LogP contribution is 2.54. The Morgan fingerprint density at radius 3 is 2.66 bits per heavy atom. The molecule has 0 fully saturated rings. The van der Waals surface area contributed by atoms with E-state index in [9.17, 15) is 10.0 Å². The van der Waals surface area contributed by atoms with Gasteiger partial charge in [-0.15, -0.1) is 4.91 Å². The van der Waals surface area contributed by atoms with Gasteiger partial charge in [-0.2, -0.15) is 0 Å². The van der Waals surface area contributed by atoms with E-state index < -0.39 is 12.4 Å². The van der Waals surface area contributed by atoms with Crippen molar-refractivity contribution in [3.8, 4) is 22.6 Å². The molecule has 0 saturated carbocycles. The molecule has 7 heteroatoms. The van der Waals surface area contributed by atoms with Gasteiger partial charge < -0.3 is 19.9 Å². The number of aliphatic hydroxyl groups is 1. The number of allylic oxidation sites excluding steroid dienone is 1. The van der Waals surface area contributed by atoms with Gasteiger partial charge in [-0.1, -0.05) is 30.3 Å². The number of aliphatic hydroxyl groups excluding tert-OH is 1. The first kappa shape index (κ1) is 22.8. The topological polar surface area (TPSA) is 80.2 Å². The number of ether oxygens (including phenoxy) is 2. The molecule has 35 heavy (non-hydrogen) atoms. The molecule has 0 saturated heterocycles. The van der Waals surface area contributed by atoms with Crippen LogP contribution in [0.1, 0.15) is 43.0 Å². The molecule has 0 aromatic heterocycles. The summed E-state index contributed by atoms with van der Waals surface area (Å²) in [4.78, 5) is 11.5. The Bertz CT molecular complexity index is 1440. The molecular weight excluding hydrogens is 447 g/mol. The lowest BCUT2D eigenvalue weighted by molar-refractivity contribution is 0.275. The average Bonchev–Trinajstić information content (AvgIpc) is 2.83. The molecule has 0 aliphatic carbocycles. The van der Waals surface area contributed by atoms with Crippen LogP contribution in [0, 0.1) is 10.7 Å². The highest BCUT2D eigenvalue weighted by Gasteiger charge is 2.33. The maximum atomic E-state index is 15.1. The van der Waals surface area contributed by atoms with Crippen molar-refractivity contribution in [1.82, 2.24) is 0 Å². The lowest BCUT2D eigenvalue weighted by atomic mass is 9.82. The number of nitrogens with one attached hydrogen (secondary N) is 1. The Morgan fingerprint density at radius 1 is 1.14 bits per heavy atom. The predicted molar refractivity (Wildman–Crippen MR) is 136 cm³/mol. The second-order valence-electron chi connectivity index (χ2n) is 9.26. The highest BCUT2D eigenvalue weighted by molar-refractivity contribution is 6.02. The van der Waals surface area contributed by atoms with Crippen molar-refractivity contribution >= 4 is 28.8 Å². The number of rotatable bonds is 4. The van der Waals surface area contributed by atoms with E-state index in [0.29, 0.717) is 28.4 Å². The Morgan fingerprint density at radius 2 is 1.94 bits per heavy atom. The Labute approximate surface area is 202 Å². The summed E-state index contributed by atoms with van der Waals surface area (Å²) in [5, 5.41) is 16.2. The molecule has 3 aromatic rings. The monoisotopic (exact) mass is 472 g/mol. The third-order valence-corrected chi connectivity index (χ3v) is 6.34. The second kappa shape index (κ2) is 8.36. The first-order chi connectivity index (χ1) is 16.8. The van der Waals surface area contributed by atoms with Gasteiger partial charge in [0.25, 0.3) is 0 Å². The molecule has 2 aliphatic rings. The normalized spacial score (nSPS) is 16.3. The van der Waals surface area contributed by atoms with Crippen molar-refractivity contribution in [2.45, 2.75) is 32.9 Å². The molecule has 2 aliphatic heterocycles. The zero-order chi connectivity index (χ0) is 24.9. The van der Waals surface area contributed by atoms with Crippen molar-refractivity contribution in [2.24, 2.45) is 5.18 Å². The summed E-state index contributed by atoms with van der Waals surface area (Å²) in [6.45, 7) is 5.80. The molecule has 0 unspecified atom stereocenters. The number of nitroso groups, excluding NO2 is 1. The highest BCUT2D eigenvalue weighted by atomic mass is 19.1. The summed E-state index contributed by atoms with van der Waals surface area (Å²) in [6, 6.07) is 12.0. The van der Waals surface area contributed by atoms with Gasteiger partial charge in [0.1, 0.15) is 17.3 Å². The molecule has 2 heterocycles. The van der Waals surface area contributed by atoms with Crippen molar-refractivity contribution in [3.63, 3.8) is 0 Å². The van der Waals surface area contributed by atoms with E-state index >= 15 is 4.39 Å². The number of fused-ring (bicyclic) bond motifs is 5. The second-order valence-corrected chi connectivity index (χ2v) is 9.26. The van der Waals surface area contributed by atoms with E-state index in [1.165, 1.54) is 13.2 Å². The lowest BCUT2D eigenvalue weighted by Crippen LogP contribution is -2.32. The Kier molecular flexibility index (Phi) is 5.44. The van der Waals surface area contributed by atoms with Gasteiger partial charge in [-0.3, -0.25) is 0 Å². The summed E-state index contributed by atoms with van der Waals surface area (Å²) >= 11 is 0. The Balaban J connectivity index is 1.85. The molecular formula is C28H25FN2O4. The fourth-order valence-corrected chi connectivity index (χ4v) is 5.00. The van der Waals surface area contributed by atoms with Gasteiger partial charge in [-0.05, 0) is 55.8 Å². The summed E-state index contributed by atoms with van der Waals surface area (Å²) in [6.07, 6.45) is 3.78. The number of hydrogen-bond donors (Lipinski definition) is 2. The fraction of sp³-hybridized carbons (Fsp3) is 0.214. The molecule has 0 atom stereocenters. The molecule has 3 aromatic carbocycles. The van der Waals surface area contributed by atoms with Crippen LogP contribution >= 0.6 is 0 Å². The van der Waals surface area contributed by atoms with E-state index in [2.05, 4.69) is 30.4 Å². The maximum Gasteiger partial charge on any atom is 0.159 e. The van der Waals surface area contributed by atoms with Crippen molar-refractivity contribution in [3.05, 3.63) is 81.5 Å². The summed E-state index contributed by atoms with van der Waals surface area (Å²) in [7, 11) is 1.48. The quantitative estimate of drug-likeness (QED) is 0.404. The van der Waals surface area contributed by atoms with E-state index in [1.807, 2.05) is 19.1 Å². The lowest BCUT2D eigenvalue weighted by Gasteiger charge is -2.35. The van der Waals surface area contributed by atoms with Gasteiger partial charge >= 0.3 is 0 Å². The van der Waals surface area contributed by atoms with Crippen LogP contribution in [0.15, 0.2) is 53.7 Å². The van der Waals surface area contributed by atoms with Crippen LogP contribution < -0.4 is 14.8 Å². The molecule has 6 nitrogen and oxygen atoms in total. The number of halogens is 1. The SMILES string of the molecule is COc1c(N=O)ccc2c1-c1ccc3c(c1/C(=C/c1cccc(CO)c1F)O2)C(C)=CC(C)(C)N3.